The third-order valence-corrected chi connectivity index (χ3v) is 2.98. The maximum absolute atomic E-state index is 11.9. The molecule has 0 radical (unpaired) electrons. The van der Waals surface area contributed by atoms with Crippen LogP contribution in [0.3, 0.4) is 0 Å². The van der Waals surface area contributed by atoms with Crippen LogP contribution < -0.4 is 5.32 Å². The number of carbonyl (C=O) groups is 1. The highest BCUT2D eigenvalue weighted by atomic mass is 127. The second-order valence-corrected chi connectivity index (χ2v) is 4.80. The van der Waals surface area contributed by atoms with Gasteiger partial charge in [0.1, 0.15) is 18.7 Å². The number of amides is 1. The number of aromatic nitrogens is 3. The summed E-state index contributed by atoms with van der Waals surface area (Å²) < 4.78 is 2.59. The van der Waals surface area contributed by atoms with Crippen molar-refractivity contribution in [2.75, 3.05) is 5.32 Å². The minimum Gasteiger partial charge on any atom is -0.324 e. The number of carbonyl (C=O) groups excluding carboxylic acids is 1. The summed E-state index contributed by atoms with van der Waals surface area (Å²) in [5.74, 6) is -0.113. The first-order chi connectivity index (χ1) is 8.16. The maximum Gasteiger partial charge on any atom is 0.249 e. The van der Waals surface area contributed by atoms with E-state index in [1.54, 1.807) is 6.92 Å². The van der Waals surface area contributed by atoms with Crippen molar-refractivity contribution in [2.24, 2.45) is 0 Å². The zero-order chi connectivity index (χ0) is 12.3. The molecule has 1 atom stereocenters. The average molecular weight is 342 g/mol. The van der Waals surface area contributed by atoms with Gasteiger partial charge < -0.3 is 5.32 Å². The summed E-state index contributed by atoms with van der Waals surface area (Å²) in [6.07, 6.45) is 2.94. The Balaban J connectivity index is 2.07. The number of hydrogen-bond donors (Lipinski definition) is 1. The van der Waals surface area contributed by atoms with Crippen LogP contribution in [0.5, 0.6) is 0 Å². The molecule has 6 heteroatoms. The van der Waals surface area contributed by atoms with E-state index in [-0.39, 0.29) is 11.9 Å². The molecule has 1 amide bonds. The number of hydrogen-bond acceptors (Lipinski definition) is 3. The standard InChI is InChI=1S/C11H11IN4O/c1-8(16-7-13-6-14-16)11(17)15-10-4-2-3-9(12)5-10/h2-8H,1H3,(H,15,17). The van der Waals surface area contributed by atoms with E-state index >= 15 is 0 Å². The van der Waals surface area contributed by atoms with Crippen LogP contribution >= 0.6 is 22.6 Å². The van der Waals surface area contributed by atoms with Gasteiger partial charge in [0, 0.05) is 9.26 Å². The summed E-state index contributed by atoms with van der Waals surface area (Å²) in [6.45, 7) is 1.78. The van der Waals surface area contributed by atoms with Gasteiger partial charge in [-0.25, -0.2) is 9.67 Å². The van der Waals surface area contributed by atoms with Crippen LogP contribution in [0.15, 0.2) is 36.9 Å². The van der Waals surface area contributed by atoms with Crippen molar-refractivity contribution in [3.05, 3.63) is 40.5 Å². The van der Waals surface area contributed by atoms with Crippen LogP contribution in [0, 0.1) is 3.57 Å². The number of halogens is 1. The molecule has 5 nitrogen and oxygen atoms in total. The smallest absolute Gasteiger partial charge is 0.249 e. The highest BCUT2D eigenvalue weighted by Gasteiger charge is 2.15. The van der Waals surface area contributed by atoms with Gasteiger partial charge in [-0.15, -0.1) is 0 Å². The van der Waals surface area contributed by atoms with Crippen LogP contribution in [0.4, 0.5) is 5.69 Å². The first-order valence-electron chi connectivity index (χ1n) is 5.07. The van der Waals surface area contributed by atoms with Crippen molar-refractivity contribution in [3.8, 4) is 0 Å². The Kier molecular flexibility index (Phi) is 3.72. The largest absolute Gasteiger partial charge is 0.324 e. The van der Waals surface area contributed by atoms with Crippen LogP contribution in [-0.2, 0) is 4.79 Å². The highest BCUT2D eigenvalue weighted by Crippen LogP contribution is 2.14. The number of benzene rings is 1. The average Bonchev–Trinajstić information content (AvgIpc) is 2.81. The van der Waals surface area contributed by atoms with Crippen molar-refractivity contribution in [2.45, 2.75) is 13.0 Å². The fraction of sp³-hybridized carbons (Fsp3) is 0.182. The van der Waals surface area contributed by atoms with Crippen LogP contribution in [0.1, 0.15) is 13.0 Å². The van der Waals surface area contributed by atoms with Crippen LogP contribution in [0.2, 0.25) is 0 Å². The molecule has 2 aromatic rings. The Labute approximate surface area is 112 Å². The van der Waals surface area contributed by atoms with Crippen molar-refractivity contribution in [1.82, 2.24) is 14.8 Å². The molecular weight excluding hydrogens is 331 g/mol. The molecule has 1 aromatic carbocycles. The number of nitrogens with zero attached hydrogens (tertiary/aromatic N) is 3. The zero-order valence-electron chi connectivity index (χ0n) is 9.17. The molecule has 88 valence electrons. The molecule has 0 aliphatic heterocycles. The lowest BCUT2D eigenvalue weighted by Crippen LogP contribution is -2.24. The van der Waals surface area contributed by atoms with Gasteiger partial charge in [-0.2, -0.15) is 5.10 Å². The van der Waals surface area contributed by atoms with Gasteiger partial charge in [0.15, 0.2) is 0 Å². The van der Waals surface area contributed by atoms with Gasteiger partial charge in [-0.05, 0) is 47.7 Å². The number of nitrogens with one attached hydrogen (secondary N) is 1. The summed E-state index contributed by atoms with van der Waals surface area (Å²) in [6, 6.07) is 7.25. The minimum absolute atomic E-state index is 0.113. The van der Waals surface area contributed by atoms with Gasteiger partial charge in [-0.3, -0.25) is 4.79 Å². The van der Waals surface area contributed by atoms with E-state index < -0.39 is 0 Å². The van der Waals surface area contributed by atoms with Crippen LogP contribution in [0.25, 0.3) is 0 Å². The van der Waals surface area contributed by atoms with Gasteiger partial charge >= 0.3 is 0 Å². The monoisotopic (exact) mass is 342 g/mol. The second-order valence-electron chi connectivity index (χ2n) is 3.55. The predicted octanol–water partition coefficient (Wildman–Crippen LogP) is 2.08. The van der Waals surface area contributed by atoms with E-state index in [2.05, 4.69) is 38.0 Å². The maximum atomic E-state index is 11.9. The molecule has 1 aromatic heterocycles. The van der Waals surface area contributed by atoms with E-state index in [0.717, 1.165) is 9.26 Å². The minimum atomic E-state index is -0.379. The van der Waals surface area contributed by atoms with Gasteiger partial charge in [0.05, 0.1) is 0 Å². The quantitative estimate of drug-likeness (QED) is 0.869. The lowest BCUT2D eigenvalue weighted by molar-refractivity contribution is -0.119. The van der Waals surface area contributed by atoms with E-state index in [1.807, 2.05) is 24.3 Å². The number of anilines is 1. The molecule has 1 N–H and O–H groups in total. The molecule has 0 spiro atoms. The van der Waals surface area contributed by atoms with Gasteiger partial charge in [0.2, 0.25) is 5.91 Å². The predicted molar refractivity (Wildman–Crippen MR) is 72.5 cm³/mol. The Bertz CT molecular complexity index is 512. The molecule has 17 heavy (non-hydrogen) atoms. The first-order valence-corrected chi connectivity index (χ1v) is 6.15. The molecule has 2 rings (SSSR count). The highest BCUT2D eigenvalue weighted by molar-refractivity contribution is 14.1. The summed E-state index contributed by atoms with van der Waals surface area (Å²) in [4.78, 5) is 15.7. The van der Waals surface area contributed by atoms with E-state index in [0.29, 0.717) is 0 Å². The van der Waals surface area contributed by atoms with Crippen molar-refractivity contribution < 1.29 is 4.79 Å². The number of rotatable bonds is 3. The SMILES string of the molecule is CC(C(=O)Nc1cccc(I)c1)n1cncn1. The molecule has 0 fully saturated rings. The normalized spacial score (nSPS) is 12.1. The third-order valence-electron chi connectivity index (χ3n) is 2.31. The lowest BCUT2D eigenvalue weighted by atomic mass is 10.3. The molecule has 0 saturated heterocycles. The fourth-order valence-electron chi connectivity index (χ4n) is 1.35. The molecule has 1 heterocycles. The van der Waals surface area contributed by atoms with Crippen molar-refractivity contribution in [1.29, 1.82) is 0 Å². The molecule has 0 aliphatic rings. The zero-order valence-corrected chi connectivity index (χ0v) is 11.3. The second kappa shape index (κ2) is 5.26. The summed E-state index contributed by atoms with van der Waals surface area (Å²) >= 11 is 2.20. The first kappa shape index (κ1) is 12.0. The van der Waals surface area contributed by atoms with Gasteiger partial charge in [0.25, 0.3) is 0 Å². The molecule has 1 unspecified atom stereocenters. The van der Waals surface area contributed by atoms with Crippen molar-refractivity contribution in [3.63, 3.8) is 0 Å². The topological polar surface area (TPSA) is 59.8 Å². The van der Waals surface area contributed by atoms with E-state index in [4.69, 9.17) is 0 Å². The summed E-state index contributed by atoms with van der Waals surface area (Å²) in [7, 11) is 0. The molecule has 0 aliphatic carbocycles. The Hall–Kier alpha value is -1.44. The Morgan fingerprint density at radius 3 is 3.00 bits per heavy atom. The fourth-order valence-corrected chi connectivity index (χ4v) is 1.89. The van der Waals surface area contributed by atoms with E-state index in [9.17, 15) is 4.79 Å². The van der Waals surface area contributed by atoms with Crippen LogP contribution in [-0.4, -0.2) is 20.7 Å². The van der Waals surface area contributed by atoms with E-state index in [1.165, 1.54) is 17.3 Å². The summed E-state index contributed by atoms with van der Waals surface area (Å²) in [5, 5.41) is 6.78. The van der Waals surface area contributed by atoms with Crippen molar-refractivity contribution >= 4 is 34.2 Å². The lowest BCUT2D eigenvalue weighted by Gasteiger charge is -2.12. The molecular formula is C11H11IN4O. The third kappa shape index (κ3) is 3.02. The Morgan fingerprint density at radius 1 is 1.53 bits per heavy atom. The Morgan fingerprint density at radius 2 is 2.35 bits per heavy atom. The molecule has 0 bridgehead atoms. The van der Waals surface area contributed by atoms with Gasteiger partial charge in [-0.1, -0.05) is 6.07 Å². The summed E-state index contributed by atoms with van der Waals surface area (Å²) in [5.41, 5.74) is 0.786. The molecule has 0 saturated carbocycles.